The number of nitrogens with zero attached hydrogens (tertiary/aromatic N) is 6. The van der Waals surface area contributed by atoms with Crippen LogP contribution < -0.4 is 0 Å². The molecule has 1 aliphatic rings. The lowest BCUT2D eigenvalue weighted by Gasteiger charge is -2.22. The molecule has 1 aliphatic carbocycles. The van der Waals surface area contributed by atoms with E-state index >= 15 is 0 Å². The molecule has 0 saturated carbocycles. The predicted octanol–water partition coefficient (Wildman–Crippen LogP) is 22.3. The van der Waals surface area contributed by atoms with Crippen molar-refractivity contribution in [1.29, 1.82) is 0 Å². The van der Waals surface area contributed by atoms with Crippen molar-refractivity contribution < 1.29 is 0 Å². The molecule has 3 heterocycles. The van der Waals surface area contributed by atoms with E-state index in [1.807, 2.05) is 0 Å². The number of fused-ring (bicyclic) bond motifs is 6. The first-order chi connectivity index (χ1) is 42.3. The summed E-state index contributed by atoms with van der Waals surface area (Å²) in [6.45, 7) is 18.3. The van der Waals surface area contributed by atoms with E-state index in [1.165, 1.54) is 66.4 Å². The number of aryl methyl sites for hydroxylation is 6. The summed E-state index contributed by atoms with van der Waals surface area (Å²) in [5.74, 6) is 2.70. The lowest BCUT2D eigenvalue weighted by molar-refractivity contribution is 0.661. The van der Waals surface area contributed by atoms with Crippen LogP contribution >= 0.6 is 45.2 Å². The third-order valence-corrected chi connectivity index (χ3v) is 19.0. The number of rotatable bonds is 22. The molecule has 0 atom stereocenters. The number of hydrogen-bond donors (Lipinski definition) is 0. The van der Waals surface area contributed by atoms with Crippen LogP contribution in [0, 0.1) is 14.1 Å². The zero-order chi connectivity index (χ0) is 60.3. The van der Waals surface area contributed by atoms with Crippen molar-refractivity contribution in [2.45, 2.75) is 157 Å². The van der Waals surface area contributed by atoms with Crippen molar-refractivity contribution in [3.05, 3.63) is 209 Å². The highest BCUT2D eigenvalue weighted by molar-refractivity contribution is 14.1. The molecule has 0 aliphatic heterocycles. The molecule has 0 fully saturated rings. The third-order valence-electron chi connectivity index (χ3n) is 17.8. The summed E-state index contributed by atoms with van der Waals surface area (Å²) in [5, 5.41) is 2.41. The second kappa shape index (κ2) is 26.4. The van der Waals surface area contributed by atoms with Gasteiger partial charge in [-0.2, -0.15) is 0 Å². The molecule has 0 amide bonds. The topological polar surface area (TPSA) is 69.4 Å². The van der Waals surface area contributed by atoms with Gasteiger partial charge in [-0.1, -0.05) is 153 Å². The molecule has 11 aromatic rings. The van der Waals surface area contributed by atoms with E-state index in [-0.39, 0.29) is 5.41 Å². The molecule has 0 spiro atoms. The maximum atomic E-state index is 5.78. The van der Waals surface area contributed by atoms with Crippen molar-refractivity contribution in [1.82, 2.24) is 29.5 Å². The lowest BCUT2D eigenvalue weighted by atomic mass is 9.82. The standard InChI is InChI=1S/C79H80I2N6/c1-9-14-23-51-34-50(6)35-58(38-51)75-82-70(49-71(83-75)57-43-61(80)46-62(81)44-57)56-32-33-73(87-72-31-22-20-29-64(72)66-47-65-63-28-19-21-30-68(63)79(7,8)69(65)48-74(66)87)67(45-56)78-85-76(59-39-52(24-15-10-2)36-53(40-59)25-16-11-3)84-77(86-78)60-41-54(26-17-12-4)37-55(42-60)27-18-13-5/h19-22,28-49H,9-18,23-27H2,1-8H3. The van der Waals surface area contributed by atoms with Crippen molar-refractivity contribution in [2.24, 2.45) is 0 Å². The Labute approximate surface area is 543 Å². The molecule has 12 rings (SSSR count). The highest BCUT2D eigenvalue weighted by Crippen LogP contribution is 2.51. The van der Waals surface area contributed by atoms with Crippen molar-refractivity contribution in [3.63, 3.8) is 0 Å². The fraction of sp³-hybridized carbons (Fsp3) is 0.304. The van der Waals surface area contributed by atoms with E-state index in [0.717, 1.165) is 165 Å². The second-order valence-corrected chi connectivity index (χ2v) is 27.4. The van der Waals surface area contributed by atoms with E-state index in [9.17, 15) is 0 Å². The Morgan fingerprint density at radius 3 is 1.44 bits per heavy atom. The van der Waals surface area contributed by atoms with Crippen LogP contribution in [0.1, 0.15) is 157 Å². The number of para-hydroxylation sites is 1. The van der Waals surface area contributed by atoms with Gasteiger partial charge in [-0.25, -0.2) is 24.9 Å². The van der Waals surface area contributed by atoms with Gasteiger partial charge in [0.15, 0.2) is 23.3 Å². The predicted molar refractivity (Wildman–Crippen MR) is 383 cm³/mol. The number of hydrogen-bond acceptors (Lipinski definition) is 5. The van der Waals surface area contributed by atoms with Crippen LogP contribution in [0.5, 0.6) is 0 Å². The van der Waals surface area contributed by atoms with Gasteiger partial charge in [0.1, 0.15) is 0 Å². The maximum absolute atomic E-state index is 5.78. The van der Waals surface area contributed by atoms with Crippen molar-refractivity contribution in [3.8, 4) is 84.9 Å². The summed E-state index contributed by atoms with van der Waals surface area (Å²) in [5.41, 5.74) is 23.9. The zero-order valence-corrected chi connectivity index (χ0v) is 56.4. The van der Waals surface area contributed by atoms with E-state index < -0.39 is 0 Å². The highest BCUT2D eigenvalue weighted by atomic mass is 127. The molecule has 0 unspecified atom stereocenters. The van der Waals surface area contributed by atoms with Gasteiger partial charge in [0.05, 0.1) is 28.1 Å². The number of unbranched alkanes of at least 4 members (excludes halogenated alkanes) is 5. The molecular formula is C79H80I2N6. The minimum Gasteiger partial charge on any atom is -0.308 e. The highest BCUT2D eigenvalue weighted by Gasteiger charge is 2.36. The van der Waals surface area contributed by atoms with Crippen molar-refractivity contribution in [2.75, 3.05) is 0 Å². The number of aromatic nitrogens is 6. The monoisotopic (exact) mass is 1370 g/mol. The van der Waals surface area contributed by atoms with E-state index in [4.69, 9.17) is 24.9 Å². The molecule has 3 aromatic heterocycles. The van der Waals surface area contributed by atoms with Crippen LogP contribution in [0.25, 0.3) is 107 Å². The van der Waals surface area contributed by atoms with Gasteiger partial charge in [-0.15, -0.1) is 0 Å². The molecule has 6 nitrogen and oxygen atoms in total. The maximum Gasteiger partial charge on any atom is 0.166 e. The first-order valence-corrected chi connectivity index (χ1v) is 34.3. The zero-order valence-electron chi connectivity index (χ0n) is 52.1. The van der Waals surface area contributed by atoms with Crippen LogP contribution in [0.15, 0.2) is 158 Å². The average molecular weight is 1370 g/mol. The molecular weight excluding hydrogens is 1290 g/mol. The van der Waals surface area contributed by atoms with Gasteiger partial charge in [0, 0.05) is 56.7 Å². The Balaban J connectivity index is 1.17. The normalized spacial score (nSPS) is 12.6. The smallest absolute Gasteiger partial charge is 0.166 e. The largest absolute Gasteiger partial charge is 0.308 e. The Morgan fingerprint density at radius 2 is 0.862 bits per heavy atom. The fourth-order valence-electron chi connectivity index (χ4n) is 13.2. The van der Waals surface area contributed by atoms with Gasteiger partial charge in [0.25, 0.3) is 0 Å². The van der Waals surface area contributed by atoms with Gasteiger partial charge >= 0.3 is 0 Å². The minimum atomic E-state index is -0.208. The van der Waals surface area contributed by atoms with E-state index in [2.05, 4.69) is 263 Å². The minimum absolute atomic E-state index is 0.208. The second-order valence-electron chi connectivity index (χ2n) is 24.9. The van der Waals surface area contributed by atoms with Gasteiger partial charge < -0.3 is 4.57 Å². The van der Waals surface area contributed by atoms with Crippen LogP contribution in [0.4, 0.5) is 0 Å². The molecule has 8 aromatic carbocycles. The number of benzene rings is 8. The molecule has 0 N–H and O–H groups in total. The lowest BCUT2D eigenvalue weighted by Crippen LogP contribution is -2.15. The Kier molecular flexibility index (Phi) is 18.4. The Bertz CT molecular complexity index is 4200. The summed E-state index contributed by atoms with van der Waals surface area (Å²) < 4.78 is 4.81. The molecule has 0 bridgehead atoms. The van der Waals surface area contributed by atoms with Crippen LogP contribution in [0.3, 0.4) is 0 Å². The van der Waals surface area contributed by atoms with Gasteiger partial charge in [-0.3, -0.25) is 0 Å². The van der Waals surface area contributed by atoms with Crippen LogP contribution in [0.2, 0.25) is 0 Å². The summed E-state index contributed by atoms with van der Waals surface area (Å²) in [7, 11) is 0. The molecule has 8 heteroatoms. The van der Waals surface area contributed by atoms with Crippen molar-refractivity contribution >= 4 is 67.0 Å². The summed E-state index contributed by atoms with van der Waals surface area (Å²) in [6, 6.07) is 59.8. The average Bonchev–Trinajstić information content (AvgIpc) is 1.65. The first-order valence-electron chi connectivity index (χ1n) is 32.1. The van der Waals surface area contributed by atoms with E-state index in [0.29, 0.717) is 23.3 Å². The number of halogens is 2. The summed E-state index contributed by atoms with van der Waals surface area (Å²) in [6.07, 6.45) is 16.3. The first kappa shape index (κ1) is 60.4. The molecule has 0 saturated heterocycles. The third kappa shape index (κ3) is 12.7. The van der Waals surface area contributed by atoms with Gasteiger partial charge in [-0.05, 0) is 257 Å². The quantitative estimate of drug-likeness (QED) is 0.0633. The van der Waals surface area contributed by atoms with Crippen LogP contribution in [-0.2, 0) is 37.5 Å². The Morgan fingerprint density at radius 1 is 0.368 bits per heavy atom. The summed E-state index contributed by atoms with van der Waals surface area (Å²) >= 11 is 4.87. The molecule has 440 valence electrons. The fourth-order valence-corrected chi connectivity index (χ4v) is 15.2. The SMILES string of the molecule is CCCCc1cc(C)cc(-c2nc(-c3cc(I)cc(I)c3)cc(-c3ccc(-n4c5ccccc5c5cc6c(cc54)C(C)(C)c4ccccc4-6)c(-c4nc(-c5cc(CCCC)cc(CCCC)c5)nc(-c5cc(CCCC)cc(CCCC)c5)n4)c3)n2)c1. The molecule has 0 radical (unpaired) electrons. The van der Waals surface area contributed by atoms with Gasteiger partial charge in [0.2, 0.25) is 0 Å². The van der Waals surface area contributed by atoms with Crippen LogP contribution in [-0.4, -0.2) is 29.5 Å². The molecule has 87 heavy (non-hydrogen) atoms. The summed E-state index contributed by atoms with van der Waals surface area (Å²) in [4.78, 5) is 28.2. The Hall–Kier alpha value is -6.89. The van der Waals surface area contributed by atoms with E-state index in [1.54, 1.807) is 0 Å².